The minimum atomic E-state index is -0.731. The summed E-state index contributed by atoms with van der Waals surface area (Å²) in [5.74, 6) is 0.344. The standard InChI is InChI=1S/C16H30N2O3/c1-2-3-13(4-5-16(20)21)8-11-18-15(19)12-14-6-9-17-10-7-14/h13-14,17H,2-12H2,1H3,(H,18,19)(H,20,21). The maximum atomic E-state index is 11.9. The Kier molecular flexibility index (Phi) is 9.06. The fourth-order valence-corrected chi connectivity index (χ4v) is 3.00. The van der Waals surface area contributed by atoms with E-state index in [0.717, 1.165) is 45.2 Å². The van der Waals surface area contributed by atoms with Gasteiger partial charge in [-0.2, -0.15) is 0 Å². The molecular weight excluding hydrogens is 268 g/mol. The van der Waals surface area contributed by atoms with Crippen LogP contribution < -0.4 is 10.6 Å². The zero-order valence-electron chi connectivity index (χ0n) is 13.2. The van der Waals surface area contributed by atoms with Gasteiger partial charge in [-0.3, -0.25) is 9.59 Å². The Balaban J connectivity index is 2.16. The van der Waals surface area contributed by atoms with E-state index in [1.54, 1.807) is 0 Å². The number of carboxylic acids is 1. The lowest BCUT2D eigenvalue weighted by Gasteiger charge is -2.22. The third-order valence-electron chi connectivity index (χ3n) is 4.27. The van der Waals surface area contributed by atoms with Crippen molar-refractivity contribution in [3.05, 3.63) is 0 Å². The summed E-state index contributed by atoms with van der Waals surface area (Å²) < 4.78 is 0. The molecule has 1 amide bonds. The van der Waals surface area contributed by atoms with Crippen molar-refractivity contribution in [2.75, 3.05) is 19.6 Å². The lowest BCUT2D eigenvalue weighted by atomic mass is 9.93. The van der Waals surface area contributed by atoms with Gasteiger partial charge in [0.25, 0.3) is 0 Å². The quantitative estimate of drug-likeness (QED) is 0.577. The molecule has 1 rings (SSSR count). The largest absolute Gasteiger partial charge is 0.481 e. The number of aliphatic carboxylic acids is 1. The fourth-order valence-electron chi connectivity index (χ4n) is 3.00. The van der Waals surface area contributed by atoms with Gasteiger partial charge >= 0.3 is 5.97 Å². The number of carboxylic acid groups (broad SMARTS) is 1. The third kappa shape index (κ3) is 8.71. The Morgan fingerprint density at radius 1 is 1.24 bits per heavy atom. The van der Waals surface area contributed by atoms with E-state index < -0.39 is 5.97 Å². The van der Waals surface area contributed by atoms with E-state index in [-0.39, 0.29) is 12.3 Å². The van der Waals surface area contributed by atoms with Crippen molar-refractivity contribution in [2.24, 2.45) is 11.8 Å². The van der Waals surface area contributed by atoms with Gasteiger partial charge in [0.2, 0.25) is 5.91 Å². The van der Waals surface area contributed by atoms with Crippen molar-refractivity contribution in [3.63, 3.8) is 0 Å². The highest BCUT2D eigenvalue weighted by Gasteiger charge is 2.17. The smallest absolute Gasteiger partial charge is 0.303 e. The van der Waals surface area contributed by atoms with Gasteiger partial charge in [-0.1, -0.05) is 19.8 Å². The monoisotopic (exact) mass is 298 g/mol. The Bertz CT molecular complexity index is 315. The second-order valence-corrected chi connectivity index (χ2v) is 6.12. The molecule has 1 unspecified atom stereocenters. The lowest BCUT2D eigenvalue weighted by molar-refractivity contribution is -0.137. The maximum Gasteiger partial charge on any atom is 0.303 e. The van der Waals surface area contributed by atoms with E-state index in [4.69, 9.17) is 5.11 Å². The molecule has 3 N–H and O–H groups in total. The molecule has 1 aliphatic rings. The van der Waals surface area contributed by atoms with Crippen LogP contribution >= 0.6 is 0 Å². The number of piperidine rings is 1. The maximum absolute atomic E-state index is 11.9. The summed E-state index contributed by atoms with van der Waals surface area (Å²) in [6.45, 7) is 4.83. The summed E-state index contributed by atoms with van der Waals surface area (Å²) in [5.41, 5.74) is 0. The number of hydrogen-bond donors (Lipinski definition) is 3. The van der Waals surface area contributed by atoms with E-state index in [9.17, 15) is 9.59 Å². The molecular formula is C16H30N2O3. The van der Waals surface area contributed by atoms with Gasteiger partial charge < -0.3 is 15.7 Å². The first kappa shape index (κ1) is 18.0. The minimum absolute atomic E-state index is 0.149. The molecule has 5 heteroatoms. The van der Waals surface area contributed by atoms with Gasteiger partial charge in [-0.25, -0.2) is 0 Å². The van der Waals surface area contributed by atoms with Crippen molar-refractivity contribution < 1.29 is 14.7 Å². The Morgan fingerprint density at radius 3 is 2.57 bits per heavy atom. The topological polar surface area (TPSA) is 78.4 Å². The predicted molar refractivity (Wildman–Crippen MR) is 83.1 cm³/mol. The number of carbonyl (C=O) groups excluding carboxylic acids is 1. The van der Waals surface area contributed by atoms with Crippen molar-refractivity contribution in [3.8, 4) is 0 Å². The summed E-state index contributed by atoms with van der Waals surface area (Å²) in [4.78, 5) is 22.5. The first-order valence-electron chi connectivity index (χ1n) is 8.31. The SMILES string of the molecule is CCCC(CCNC(=O)CC1CCNCC1)CCC(=O)O. The van der Waals surface area contributed by atoms with Gasteiger partial charge in [0.05, 0.1) is 0 Å². The van der Waals surface area contributed by atoms with Crippen LogP contribution in [0.15, 0.2) is 0 Å². The summed E-state index contributed by atoms with van der Waals surface area (Å²) in [6.07, 6.45) is 6.75. The fraction of sp³-hybridized carbons (Fsp3) is 0.875. The average Bonchev–Trinajstić information content (AvgIpc) is 2.45. The Labute approximate surface area is 127 Å². The molecule has 5 nitrogen and oxygen atoms in total. The molecule has 1 atom stereocenters. The number of carbonyl (C=O) groups is 2. The molecule has 0 aromatic rings. The van der Waals surface area contributed by atoms with Gasteiger partial charge in [-0.05, 0) is 50.6 Å². The molecule has 0 bridgehead atoms. The molecule has 1 saturated heterocycles. The first-order valence-corrected chi connectivity index (χ1v) is 8.31. The summed E-state index contributed by atoms with van der Waals surface area (Å²) >= 11 is 0. The third-order valence-corrected chi connectivity index (χ3v) is 4.27. The minimum Gasteiger partial charge on any atom is -0.481 e. The summed E-state index contributed by atoms with van der Waals surface area (Å²) in [5, 5.41) is 15.1. The second kappa shape index (κ2) is 10.6. The van der Waals surface area contributed by atoms with Crippen LogP contribution in [0.4, 0.5) is 0 Å². The van der Waals surface area contributed by atoms with Crippen LogP contribution in [0, 0.1) is 11.8 Å². The zero-order valence-corrected chi connectivity index (χ0v) is 13.2. The number of amides is 1. The van der Waals surface area contributed by atoms with E-state index in [1.165, 1.54) is 0 Å². The van der Waals surface area contributed by atoms with Gasteiger partial charge in [0, 0.05) is 19.4 Å². The van der Waals surface area contributed by atoms with Crippen LogP contribution in [0.2, 0.25) is 0 Å². The second-order valence-electron chi connectivity index (χ2n) is 6.12. The van der Waals surface area contributed by atoms with Crippen LogP contribution in [-0.4, -0.2) is 36.6 Å². The molecule has 0 aromatic carbocycles. The van der Waals surface area contributed by atoms with E-state index in [2.05, 4.69) is 17.6 Å². The highest BCUT2D eigenvalue weighted by Crippen LogP contribution is 2.18. The highest BCUT2D eigenvalue weighted by atomic mass is 16.4. The van der Waals surface area contributed by atoms with Crippen molar-refractivity contribution in [1.82, 2.24) is 10.6 Å². The van der Waals surface area contributed by atoms with Crippen LogP contribution in [0.5, 0.6) is 0 Å². The predicted octanol–water partition coefficient (Wildman–Crippen LogP) is 2.16. The van der Waals surface area contributed by atoms with Gasteiger partial charge in [0.15, 0.2) is 0 Å². The van der Waals surface area contributed by atoms with Crippen molar-refractivity contribution >= 4 is 11.9 Å². The molecule has 122 valence electrons. The number of nitrogens with one attached hydrogen (secondary N) is 2. The molecule has 1 fully saturated rings. The van der Waals surface area contributed by atoms with Crippen LogP contribution in [0.25, 0.3) is 0 Å². The summed E-state index contributed by atoms with van der Waals surface area (Å²) in [6, 6.07) is 0. The molecule has 0 spiro atoms. The molecule has 0 aromatic heterocycles. The van der Waals surface area contributed by atoms with Crippen molar-refractivity contribution in [1.29, 1.82) is 0 Å². The normalized spacial score (nSPS) is 17.4. The highest BCUT2D eigenvalue weighted by molar-refractivity contribution is 5.76. The Hall–Kier alpha value is -1.10. The summed E-state index contributed by atoms with van der Waals surface area (Å²) in [7, 11) is 0. The molecule has 1 heterocycles. The first-order chi connectivity index (χ1) is 10.1. The molecule has 0 aliphatic carbocycles. The molecule has 0 saturated carbocycles. The molecule has 1 aliphatic heterocycles. The van der Waals surface area contributed by atoms with E-state index >= 15 is 0 Å². The van der Waals surface area contributed by atoms with Gasteiger partial charge in [-0.15, -0.1) is 0 Å². The zero-order chi connectivity index (χ0) is 15.5. The Morgan fingerprint density at radius 2 is 1.95 bits per heavy atom. The van der Waals surface area contributed by atoms with Crippen molar-refractivity contribution in [2.45, 2.75) is 58.3 Å². The number of hydrogen-bond acceptors (Lipinski definition) is 3. The van der Waals surface area contributed by atoms with Gasteiger partial charge in [0.1, 0.15) is 0 Å². The van der Waals surface area contributed by atoms with Crippen LogP contribution in [-0.2, 0) is 9.59 Å². The van der Waals surface area contributed by atoms with Crippen LogP contribution in [0.1, 0.15) is 58.3 Å². The molecule has 21 heavy (non-hydrogen) atoms. The van der Waals surface area contributed by atoms with E-state index in [1.807, 2.05) is 0 Å². The van der Waals surface area contributed by atoms with Crippen LogP contribution in [0.3, 0.4) is 0 Å². The molecule has 0 radical (unpaired) electrons. The average molecular weight is 298 g/mol. The number of rotatable bonds is 10. The lowest BCUT2D eigenvalue weighted by Crippen LogP contribution is -2.33. The van der Waals surface area contributed by atoms with E-state index in [0.29, 0.717) is 31.2 Å².